The summed E-state index contributed by atoms with van der Waals surface area (Å²) in [5, 5.41) is 41.5. The van der Waals surface area contributed by atoms with Crippen LogP contribution in [0.5, 0.6) is 0 Å². The number of aromatic amines is 2. The monoisotopic (exact) mass is 300 g/mol. The van der Waals surface area contributed by atoms with Crippen molar-refractivity contribution in [3.8, 4) is 0 Å². The highest BCUT2D eigenvalue weighted by molar-refractivity contribution is 5.87. The number of aliphatic hydroxyl groups excluding tert-OH is 3. The molecule has 3 rings (SSSR count). The number of fused-ring (bicyclic) bond motifs is 1. The number of aromatic nitrogens is 2. The molecule has 3 heterocycles. The summed E-state index contributed by atoms with van der Waals surface area (Å²) in [7, 11) is 0. The van der Waals surface area contributed by atoms with Gasteiger partial charge in [-0.2, -0.15) is 4.99 Å². The van der Waals surface area contributed by atoms with Gasteiger partial charge in [-0.05, 0) is 0 Å². The number of quaternary nitrogens is 1. The summed E-state index contributed by atoms with van der Waals surface area (Å²) in [5.41, 5.74) is -2.07. The molecule has 1 aromatic rings. The Bertz CT molecular complexity index is 712. The van der Waals surface area contributed by atoms with Crippen molar-refractivity contribution < 1.29 is 20.1 Å². The summed E-state index contributed by atoms with van der Waals surface area (Å²) in [6, 6.07) is 0. The van der Waals surface area contributed by atoms with Gasteiger partial charge in [-0.1, -0.05) is 0 Å². The lowest BCUT2D eigenvalue weighted by Crippen LogP contribution is -2.56. The van der Waals surface area contributed by atoms with Gasteiger partial charge in [0.1, 0.15) is 12.2 Å². The molecule has 1 fully saturated rings. The SMILES string of the molecule is O=c1[nH]c2c(c(=O)[nH]1)N=C[N+]2([O-])[C@@H]1O[C@H](CO)[C@@H](O)[C@H]1O. The van der Waals surface area contributed by atoms with Crippen LogP contribution in [0.1, 0.15) is 0 Å². The van der Waals surface area contributed by atoms with Crippen molar-refractivity contribution in [1.29, 1.82) is 0 Å². The van der Waals surface area contributed by atoms with Gasteiger partial charge in [-0.15, -0.1) is 0 Å². The maximum atomic E-state index is 12.8. The molecule has 1 saturated heterocycles. The number of aliphatic hydroxyl groups is 3. The van der Waals surface area contributed by atoms with Crippen molar-refractivity contribution in [3.63, 3.8) is 0 Å². The molecular weight excluding hydrogens is 288 g/mol. The topological polar surface area (TPSA) is 171 Å². The average Bonchev–Trinajstić information content (AvgIpc) is 2.91. The van der Waals surface area contributed by atoms with Crippen molar-refractivity contribution in [3.05, 3.63) is 26.0 Å². The molecule has 0 aliphatic carbocycles. The molecule has 5 N–H and O–H groups in total. The smallest absolute Gasteiger partial charge is 0.330 e. The maximum Gasteiger partial charge on any atom is 0.330 e. The number of nitrogens with one attached hydrogen (secondary N) is 2. The zero-order valence-corrected chi connectivity index (χ0v) is 10.5. The van der Waals surface area contributed by atoms with E-state index in [2.05, 4.69) is 9.98 Å². The molecule has 2 aliphatic rings. The highest BCUT2D eigenvalue weighted by atomic mass is 16.7. The molecule has 0 saturated carbocycles. The van der Waals surface area contributed by atoms with E-state index in [1.54, 1.807) is 0 Å². The molecule has 0 bridgehead atoms. The van der Waals surface area contributed by atoms with E-state index < -0.39 is 52.9 Å². The van der Waals surface area contributed by atoms with E-state index in [-0.39, 0.29) is 5.69 Å². The van der Waals surface area contributed by atoms with Crippen LogP contribution in [0.15, 0.2) is 14.6 Å². The van der Waals surface area contributed by atoms with Gasteiger partial charge in [0.2, 0.25) is 17.7 Å². The third-order valence-corrected chi connectivity index (χ3v) is 3.50. The predicted octanol–water partition coefficient (Wildman–Crippen LogP) is -3.02. The van der Waals surface area contributed by atoms with Gasteiger partial charge in [0.25, 0.3) is 5.56 Å². The molecule has 114 valence electrons. The van der Waals surface area contributed by atoms with Crippen LogP contribution in [-0.4, -0.2) is 62.8 Å². The van der Waals surface area contributed by atoms with Crippen LogP contribution in [0.4, 0.5) is 11.5 Å². The number of hydrogen-bond acceptors (Lipinski definition) is 8. The summed E-state index contributed by atoms with van der Waals surface area (Å²) < 4.78 is 3.58. The molecular formula is C10H12N4O7. The van der Waals surface area contributed by atoms with Gasteiger partial charge in [-0.3, -0.25) is 14.8 Å². The van der Waals surface area contributed by atoms with Crippen molar-refractivity contribution in [2.24, 2.45) is 4.99 Å². The van der Waals surface area contributed by atoms with E-state index in [9.17, 15) is 25.0 Å². The Morgan fingerprint density at radius 3 is 2.67 bits per heavy atom. The second-order valence-electron chi connectivity index (χ2n) is 4.79. The van der Waals surface area contributed by atoms with E-state index in [1.807, 2.05) is 4.98 Å². The number of hydrogen-bond donors (Lipinski definition) is 5. The molecule has 0 spiro atoms. The van der Waals surface area contributed by atoms with Crippen LogP contribution in [0.25, 0.3) is 0 Å². The van der Waals surface area contributed by atoms with E-state index in [1.165, 1.54) is 0 Å². The number of aliphatic imine (C=N–C) groups is 1. The minimum atomic E-state index is -1.63. The van der Waals surface area contributed by atoms with Crippen molar-refractivity contribution in [2.45, 2.75) is 24.5 Å². The third-order valence-electron chi connectivity index (χ3n) is 3.50. The summed E-state index contributed by atoms with van der Waals surface area (Å²) in [6.45, 7) is -0.607. The number of rotatable bonds is 2. The van der Waals surface area contributed by atoms with Crippen LogP contribution in [0, 0.1) is 5.21 Å². The lowest BCUT2D eigenvalue weighted by Gasteiger charge is -2.39. The fraction of sp³-hybridized carbons (Fsp3) is 0.500. The predicted molar refractivity (Wildman–Crippen MR) is 68.8 cm³/mol. The molecule has 0 radical (unpaired) electrons. The quantitative estimate of drug-likeness (QED) is 0.285. The Morgan fingerprint density at radius 2 is 2.05 bits per heavy atom. The summed E-state index contributed by atoms with van der Waals surface area (Å²) in [5.74, 6) is -0.404. The second-order valence-corrected chi connectivity index (χ2v) is 4.79. The van der Waals surface area contributed by atoms with E-state index in [0.717, 1.165) is 6.34 Å². The van der Waals surface area contributed by atoms with E-state index >= 15 is 0 Å². The van der Waals surface area contributed by atoms with Gasteiger partial charge < -0.3 is 25.3 Å². The molecule has 11 nitrogen and oxygen atoms in total. The first-order valence-electron chi connectivity index (χ1n) is 6.02. The molecule has 1 aromatic heterocycles. The molecule has 0 aromatic carbocycles. The maximum absolute atomic E-state index is 12.8. The summed E-state index contributed by atoms with van der Waals surface area (Å²) in [4.78, 5) is 30.6. The fourth-order valence-electron chi connectivity index (χ4n) is 2.43. The van der Waals surface area contributed by atoms with Gasteiger partial charge in [0, 0.05) is 0 Å². The molecule has 0 amide bonds. The lowest BCUT2D eigenvalue weighted by atomic mass is 10.1. The van der Waals surface area contributed by atoms with E-state index in [4.69, 9.17) is 9.84 Å². The Balaban J connectivity index is 2.08. The highest BCUT2D eigenvalue weighted by Crippen LogP contribution is 2.38. The molecule has 5 atom stereocenters. The van der Waals surface area contributed by atoms with Crippen molar-refractivity contribution in [2.75, 3.05) is 6.61 Å². The minimum absolute atomic E-state index is 0.303. The standard InChI is InChI=1S/C10H12N4O7/c15-1-3-5(16)6(17)9(21-3)14(20)2-11-4-7(14)12-10(19)13-8(4)18/h2-3,5-6,9,15-17H,1H2,(H2,12,13,18,19)/t3-,5-,6-,9-,14?/m1/s1. The normalized spacial score (nSPS) is 37.9. The van der Waals surface area contributed by atoms with Crippen molar-refractivity contribution >= 4 is 17.8 Å². The van der Waals surface area contributed by atoms with Gasteiger partial charge in [0.15, 0.2) is 12.4 Å². The second kappa shape index (κ2) is 4.56. The summed E-state index contributed by atoms with van der Waals surface area (Å²) >= 11 is 0. The first-order chi connectivity index (χ1) is 9.88. The number of ether oxygens (including phenoxy) is 1. The largest absolute Gasteiger partial charge is 0.618 e. The van der Waals surface area contributed by atoms with E-state index in [0.29, 0.717) is 0 Å². The zero-order valence-electron chi connectivity index (χ0n) is 10.5. The molecule has 2 aliphatic heterocycles. The molecule has 1 unspecified atom stereocenters. The van der Waals surface area contributed by atoms with Gasteiger partial charge in [0.05, 0.1) is 6.61 Å². The fourth-order valence-corrected chi connectivity index (χ4v) is 2.43. The highest BCUT2D eigenvalue weighted by Gasteiger charge is 2.53. The van der Waals surface area contributed by atoms with Gasteiger partial charge in [-0.25, -0.2) is 9.44 Å². The number of nitrogens with zero attached hydrogens (tertiary/aromatic N) is 2. The Hall–Kier alpha value is -1.89. The first-order valence-corrected chi connectivity index (χ1v) is 6.02. The van der Waals surface area contributed by atoms with Crippen LogP contribution in [-0.2, 0) is 4.74 Å². The van der Waals surface area contributed by atoms with Crippen LogP contribution < -0.4 is 15.9 Å². The molecule has 11 heteroatoms. The number of hydroxylamine groups is 2. The summed E-state index contributed by atoms with van der Waals surface area (Å²) in [6.07, 6.45) is -5.05. The Morgan fingerprint density at radius 1 is 1.33 bits per heavy atom. The Labute approximate surface area is 115 Å². The zero-order chi connectivity index (χ0) is 15.4. The van der Waals surface area contributed by atoms with Gasteiger partial charge >= 0.3 is 5.69 Å². The number of H-pyrrole nitrogens is 2. The minimum Gasteiger partial charge on any atom is -0.618 e. The average molecular weight is 300 g/mol. The lowest BCUT2D eigenvalue weighted by molar-refractivity contribution is -0.0548. The van der Waals surface area contributed by atoms with Crippen LogP contribution in [0.2, 0.25) is 0 Å². The Kier molecular flexibility index (Phi) is 3.05. The van der Waals surface area contributed by atoms with Crippen molar-refractivity contribution in [1.82, 2.24) is 14.6 Å². The first kappa shape index (κ1) is 14.1. The van der Waals surface area contributed by atoms with Crippen LogP contribution in [0.3, 0.4) is 0 Å². The third kappa shape index (κ3) is 1.87. The molecule has 21 heavy (non-hydrogen) atoms. The van der Waals surface area contributed by atoms with Crippen LogP contribution >= 0.6 is 0 Å².